The lowest BCUT2D eigenvalue weighted by molar-refractivity contribution is 0.351. The third-order valence-electron chi connectivity index (χ3n) is 10.9. The van der Waals surface area contributed by atoms with Crippen LogP contribution >= 0.6 is 11.7 Å². The standard InChI is InChI=1S/C50H45N7S/c1-3-5-18-36(4-2)35-55-51-47-45(37-27-31-43(32-28-37)56(39-19-10-6-11-20-39)40-21-12-7-13-22-40)49-50(54-58-53-49)46(48(47)52-55)38-29-33-44(34-30-38)57(41-23-14-8-15-24-41)42-25-16-9-17-26-42/h6-17,19-34,36H,3-5,18,35H2,1-2H3. The second kappa shape index (κ2) is 16.8. The van der Waals surface area contributed by atoms with Crippen molar-refractivity contribution in [3.63, 3.8) is 0 Å². The summed E-state index contributed by atoms with van der Waals surface area (Å²) < 4.78 is 9.94. The maximum absolute atomic E-state index is 5.30. The first kappa shape index (κ1) is 37.0. The Hall–Kier alpha value is -6.64. The van der Waals surface area contributed by atoms with E-state index in [9.17, 15) is 0 Å². The largest absolute Gasteiger partial charge is 0.311 e. The molecule has 0 radical (unpaired) electrons. The summed E-state index contributed by atoms with van der Waals surface area (Å²) in [6.07, 6.45) is 4.61. The SMILES string of the molecule is CCCCC(CC)Cn1nc2c(-c3ccc(N(c4ccccc4)c4ccccc4)cc3)c3n[s+][n-]c3c(-c3ccc(N(c4ccccc4)c4ccccc4)cc3)c2n1. The smallest absolute Gasteiger partial charge is 0.279 e. The summed E-state index contributed by atoms with van der Waals surface area (Å²) in [5.41, 5.74) is 13.9. The van der Waals surface area contributed by atoms with Gasteiger partial charge in [0.1, 0.15) is 11.0 Å². The van der Waals surface area contributed by atoms with Gasteiger partial charge in [-0.3, -0.25) is 0 Å². The van der Waals surface area contributed by atoms with Gasteiger partial charge in [0.15, 0.2) is 0 Å². The van der Waals surface area contributed by atoms with E-state index < -0.39 is 0 Å². The number of rotatable bonds is 14. The van der Waals surface area contributed by atoms with Crippen LogP contribution in [-0.2, 0) is 6.54 Å². The fourth-order valence-corrected chi connectivity index (χ4v) is 8.52. The highest BCUT2D eigenvalue weighted by atomic mass is 32.1. The summed E-state index contributed by atoms with van der Waals surface area (Å²) in [6, 6.07) is 59.5. The van der Waals surface area contributed by atoms with E-state index >= 15 is 0 Å². The zero-order valence-electron chi connectivity index (χ0n) is 32.8. The van der Waals surface area contributed by atoms with Gasteiger partial charge in [0.2, 0.25) is 0 Å². The molecule has 286 valence electrons. The zero-order chi connectivity index (χ0) is 39.3. The lowest BCUT2D eigenvalue weighted by Crippen LogP contribution is -2.12. The van der Waals surface area contributed by atoms with Crippen LogP contribution in [0.4, 0.5) is 34.1 Å². The van der Waals surface area contributed by atoms with E-state index in [2.05, 4.69) is 194 Å². The molecule has 2 heterocycles. The Kier molecular flexibility index (Phi) is 10.7. The molecule has 8 heteroatoms. The van der Waals surface area contributed by atoms with E-state index in [1.54, 1.807) is 0 Å². The van der Waals surface area contributed by atoms with Crippen LogP contribution in [0.15, 0.2) is 170 Å². The highest BCUT2D eigenvalue weighted by Crippen LogP contribution is 2.44. The summed E-state index contributed by atoms with van der Waals surface area (Å²) in [7, 11) is 0. The molecule has 1 atom stereocenters. The molecule has 0 aliphatic heterocycles. The van der Waals surface area contributed by atoms with Crippen LogP contribution in [0, 0.1) is 5.92 Å². The molecule has 58 heavy (non-hydrogen) atoms. The van der Waals surface area contributed by atoms with Crippen molar-refractivity contribution in [1.29, 1.82) is 0 Å². The number of unbranched alkanes of at least 4 members (excludes halogenated alkanes) is 1. The van der Waals surface area contributed by atoms with Crippen molar-refractivity contribution in [2.24, 2.45) is 5.92 Å². The van der Waals surface area contributed by atoms with Crippen LogP contribution < -0.4 is 14.2 Å². The van der Waals surface area contributed by atoms with Gasteiger partial charge in [-0.1, -0.05) is 130 Å². The predicted molar refractivity (Wildman–Crippen MR) is 242 cm³/mol. The van der Waals surface area contributed by atoms with Crippen LogP contribution in [0.5, 0.6) is 0 Å². The molecular formula is C50H45N7S. The molecule has 0 aliphatic rings. The van der Waals surface area contributed by atoms with Crippen molar-refractivity contribution in [2.45, 2.75) is 46.1 Å². The molecule has 7 nitrogen and oxygen atoms in total. The Morgan fingerprint density at radius 3 is 1.36 bits per heavy atom. The number of hydrogen-bond donors (Lipinski definition) is 0. The number of anilines is 6. The first-order chi connectivity index (χ1) is 28.7. The second-order valence-corrected chi connectivity index (χ2v) is 15.2. The first-order valence-corrected chi connectivity index (χ1v) is 21.0. The molecule has 0 bridgehead atoms. The molecule has 0 saturated heterocycles. The van der Waals surface area contributed by atoms with E-state index in [1.165, 1.54) is 24.6 Å². The van der Waals surface area contributed by atoms with Gasteiger partial charge in [-0.15, -0.1) is 0 Å². The summed E-state index contributed by atoms with van der Waals surface area (Å²) in [5, 5.41) is 10.6. The monoisotopic (exact) mass is 775 g/mol. The molecule has 0 N–H and O–H groups in total. The van der Waals surface area contributed by atoms with Crippen LogP contribution in [0.1, 0.15) is 39.5 Å². The molecule has 0 spiro atoms. The summed E-state index contributed by atoms with van der Waals surface area (Å²) in [4.78, 5) is 6.49. The summed E-state index contributed by atoms with van der Waals surface area (Å²) >= 11 is 1.24. The Morgan fingerprint density at radius 1 is 0.517 bits per heavy atom. The number of fused-ring (bicyclic) bond motifs is 2. The molecule has 0 saturated carbocycles. The fourth-order valence-electron chi connectivity index (χ4n) is 7.96. The lowest BCUT2D eigenvalue weighted by Gasteiger charge is -2.25. The van der Waals surface area contributed by atoms with Crippen molar-refractivity contribution >= 4 is 67.9 Å². The first-order valence-electron chi connectivity index (χ1n) is 20.2. The Balaban J connectivity index is 1.17. The van der Waals surface area contributed by atoms with Gasteiger partial charge in [-0.2, -0.15) is 23.7 Å². The van der Waals surface area contributed by atoms with Crippen molar-refractivity contribution in [1.82, 2.24) is 23.7 Å². The molecule has 0 fully saturated rings. The van der Waals surface area contributed by atoms with Crippen molar-refractivity contribution in [3.8, 4) is 22.3 Å². The zero-order valence-corrected chi connectivity index (χ0v) is 33.6. The maximum Gasteiger partial charge on any atom is 0.279 e. The topological polar surface area (TPSA) is 64.2 Å². The number of hydrogen-bond acceptors (Lipinski definition) is 5. The Bertz CT molecular complexity index is 2460. The van der Waals surface area contributed by atoms with E-state index in [0.29, 0.717) is 5.92 Å². The molecule has 9 rings (SSSR count). The van der Waals surface area contributed by atoms with Gasteiger partial charge < -0.3 is 9.80 Å². The summed E-state index contributed by atoms with van der Waals surface area (Å²) in [5.74, 6) is 0.493. The molecule has 9 aromatic rings. The Labute approximate surface area is 344 Å². The van der Waals surface area contributed by atoms with Gasteiger partial charge in [0.25, 0.3) is 11.7 Å². The average molecular weight is 776 g/mol. The number of aromatic nitrogens is 5. The molecule has 0 amide bonds. The quantitative estimate of drug-likeness (QED) is 0.103. The fraction of sp³-hybridized carbons (Fsp3) is 0.160. The molecule has 7 aromatic carbocycles. The number of nitrogens with zero attached hydrogens (tertiary/aromatic N) is 7. The number of benzene rings is 7. The van der Waals surface area contributed by atoms with Gasteiger partial charge >= 0.3 is 0 Å². The minimum Gasteiger partial charge on any atom is -0.311 e. The van der Waals surface area contributed by atoms with Crippen molar-refractivity contribution in [2.75, 3.05) is 9.80 Å². The van der Waals surface area contributed by atoms with Gasteiger partial charge in [0.05, 0.1) is 6.54 Å². The van der Waals surface area contributed by atoms with Gasteiger partial charge in [-0.05, 0) is 96.3 Å². The highest BCUT2D eigenvalue weighted by Gasteiger charge is 2.24. The second-order valence-electron chi connectivity index (χ2n) is 14.7. The van der Waals surface area contributed by atoms with Gasteiger partial charge in [-0.25, -0.2) is 0 Å². The van der Waals surface area contributed by atoms with E-state index in [4.69, 9.17) is 18.9 Å². The van der Waals surface area contributed by atoms with Crippen LogP contribution in [0.3, 0.4) is 0 Å². The normalized spacial score (nSPS) is 11.9. The molecule has 1 unspecified atom stereocenters. The van der Waals surface area contributed by atoms with Crippen LogP contribution in [0.2, 0.25) is 0 Å². The van der Waals surface area contributed by atoms with Crippen LogP contribution in [-0.4, -0.2) is 19.4 Å². The summed E-state index contributed by atoms with van der Waals surface area (Å²) in [6.45, 7) is 5.30. The Morgan fingerprint density at radius 2 is 0.931 bits per heavy atom. The number of para-hydroxylation sites is 4. The lowest BCUT2D eigenvalue weighted by atomic mass is 9.95. The third kappa shape index (κ3) is 7.35. The molecule has 2 aromatic heterocycles. The minimum absolute atomic E-state index is 0.493. The van der Waals surface area contributed by atoms with Crippen LogP contribution in [0.25, 0.3) is 44.3 Å². The molecular weight excluding hydrogens is 731 g/mol. The van der Waals surface area contributed by atoms with Crippen molar-refractivity contribution < 1.29 is 0 Å². The molecule has 0 aliphatic carbocycles. The van der Waals surface area contributed by atoms with E-state index in [-0.39, 0.29) is 0 Å². The average Bonchev–Trinajstić information content (AvgIpc) is 3.94. The maximum atomic E-state index is 5.30. The minimum atomic E-state index is 0.493. The van der Waals surface area contributed by atoms with E-state index in [0.717, 1.165) is 97.8 Å². The predicted octanol–water partition coefficient (Wildman–Crippen LogP) is 13.8. The van der Waals surface area contributed by atoms with E-state index in [1.807, 2.05) is 4.80 Å². The highest BCUT2D eigenvalue weighted by molar-refractivity contribution is 7.00. The van der Waals surface area contributed by atoms with Crippen molar-refractivity contribution in [3.05, 3.63) is 170 Å². The van der Waals surface area contributed by atoms with Gasteiger partial charge in [0, 0.05) is 56.3 Å². The third-order valence-corrected chi connectivity index (χ3v) is 11.5.